The van der Waals surface area contributed by atoms with Crippen LogP contribution >= 0.6 is 11.8 Å². The second-order valence-corrected chi connectivity index (χ2v) is 6.48. The highest BCUT2D eigenvalue weighted by Gasteiger charge is 2.25. The minimum Gasteiger partial charge on any atom is -0.338 e. The van der Waals surface area contributed by atoms with Crippen molar-refractivity contribution in [1.29, 1.82) is 0 Å². The number of piperidine rings is 1. The van der Waals surface area contributed by atoms with Gasteiger partial charge in [0.1, 0.15) is 5.03 Å². The van der Waals surface area contributed by atoms with Crippen LogP contribution in [0, 0.1) is 0 Å². The second kappa shape index (κ2) is 6.23. The normalized spacial score (nSPS) is 20.2. The first-order valence-electron chi connectivity index (χ1n) is 6.55. The number of rotatable bonds is 4. The van der Waals surface area contributed by atoms with Crippen molar-refractivity contribution in [2.45, 2.75) is 49.4 Å². The van der Waals surface area contributed by atoms with Gasteiger partial charge in [-0.15, -0.1) is 11.8 Å². The predicted octanol–water partition coefficient (Wildman–Crippen LogP) is 3.27. The van der Waals surface area contributed by atoms with Crippen LogP contribution in [0.4, 0.5) is 0 Å². The van der Waals surface area contributed by atoms with E-state index in [1.807, 2.05) is 17.2 Å². The number of hydrogen-bond donors (Lipinski definition) is 0. The SMILES string of the molecule is CC(C)Sc1ncccc1[C@H]1CCCCN1C=O. The van der Waals surface area contributed by atoms with Gasteiger partial charge in [-0.3, -0.25) is 4.79 Å². The number of aromatic nitrogens is 1. The first-order chi connectivity index (χ1) is 8.72. The van der Waals surface area contributed by atoms with Gasteiger partial charge < -0.3 is 4.90 Å². The third-order valence-corrected chi connectivity index (χ3v) is 4.22. The Kier molecular flexibility index (Phi) is 4.64. The molecule has 18 heavy (non-hydrogen) atoms. The first-order valence-corrected chi connectivity index (χ1v) is 7.43. The van der Waals surface area contributed by atoms with E-state index in [9.17, 15) is 4.79 Å². The fraction of sp³-hybridized carbons (Fsp3) is 0.571. The highest BCUT2D eigenvalue weighted by molar-refractivity contribution is 7.99. The molecule has 3 nitrogen and oxygen atoms in total. The molecule has 1 fully saturated rings. The van der Waals surface area contributed by atoms with Crippen molar-refractivity contribution >= 4 is 18.2 Å². The van der Waals surface area contributed by atoms with E-state index in [1.54, 1.807) is 11.8 Å². The van der Waals surface area contributed by atoms with Gasteiger partial charge in [0.15, 0.2) is 0 Å². The van der Waals surface area contributed by atoms with Crippen molar-refractivity contribution in [2.24, 2.45) is 0 Å². The van der Waals surface area contributed by atoms with E-state index < -0.39 is 0 Å². The van der Waals surface area contributed by atoms with Gasteiger partial charge in [0.25, 0.3) is 0 Å². The minimum absolute atomic E-state index is 0.214. The molecular weight excluding hydrogens is 244 g/mol. The third kappa shape index (κ3) is 3.05. The fourth-order valence-electron chi connectivity index (χ4n) is 2.39. The Balaban J connectivity index is 2.27. The molecule has 1 saturated heterocycles. The van der Waals surface area contributed by atoms with E-state index in [-0.39, 0.29) is 6.04 Å². The summed E-state index contributed by atoms with van der Waals surface area (Å²) in [4.78, 5) is 17.6. The smallest absolute Gasteiger partial charge is 0.210 e. The number of amides is 1. The number of carbonyl (C=O) groups excluding carboxylic acids is 1. The second-order valence-electron chi connectivity index (χ2n) is 4.92. The number of nitrogens with zero attached hydrogens (tertiary/aromatic N) is 2. The zero-order valence-electron chi connectivity index (χ0n) is 11.0. The van der Waals surface area contributed by atoms with Crippen LogP contribution in [-0.2, 0) is 4.79 Å². The van der Waals surface area contributed by atoms with Crippen LogP contribution in [0.2, 0.25) is 0 Å². The summed E-state index contributed by atoms with van der Waals surface area (Å²) in [5.41, 5.74) is 1.21. The fourth-order valence-corrected chi connectivity index (χ4v) is 3.30. The standard InChI is InChI=1S/C14H20N2OS/c1-11(2)18-14-12(6-5-8-15-14)13-7-3-4-9-16(13)10-17/h5-6,8,10-11,13H,3-4,7,9H2,1-2H3/t13-/m1/s1. The topological polar surface area (TPSA) is 33.2 Å². The Morgan fingerprint density at radius 2 is 2.33 bits per heavy atom. The average Bonchev–Trinajstić information content (AvgIpc) is 2.39. The molecule has 0 unspecified atom stereocenters. The van der Waals surface area contributed by atoms with Crippen molar-refractivity contribution in [2.75, 3.05) is 6.54 Å². The Morgan fingerprint density at radius 3 is 3.06 bits per heavy atom. The van der Waals surface area contributed by atoms with Crippen LogP contribution in [0.15, 0.2) is 23.4 Å². The van der Waals surface area contributed by atoms with Gasteiger partial charge in [-0.25, -0.2) is 4.98 Å². The summed E-state index contributed by atoms with van der Waals surface area (Å²) in [7, 11) is 0. The van der Waals surface area contributed by atoms with Crippen molar-refractivity contribution < 1.29 is 4.79 Å². The highest BCUT2D eigenvalue weighted by atomic mass is 32.2. The van der Waals surface area contributed by atoms with E-state index in [0.717, 1.165) is 30.8 Å². The molecule has 0 bridgehead atoms. The Bertz CT molecular complexity index is 409. The lowest BCUT2D eigenvalue weighted by Crippen LogP contribution is -2.32. The first kappa shape index (κ1) is 13.4. The van der Waals surface area contributed by atoms with E-state index in [4.69, 9.17) is 0 Å². The molecule has 2 rings (SSSR count). The van der Waals surface area contributed by atoms with Crippen molar-refractivity contribution in [3.05, 3.63) is 23.9 Å². The third-order valence-electron chi connectivity index (χ3n) is 3.19. The monoisotopic (exact) mass is 264 g/mol. The molecule has 0 saturated carbocycles. The van der Waals surface area contributed by atoms with Gasteiger partial charge in [0.2, 0.25) is 6.41 Å². The lowest BCUT2D eigenvalue weighted by Gasteiger charge is -2.33. The van der Waals surface area contributed by atoms with Crippen molar-refractivity contribution in [3.8, 4) is 0 Å². The Hall–Kier alpha value is -1.03. The zero-order valence-corrected chi connectivity index (χ0v) is 11.8. The maximum Gasteiger partial charge on any atom is 0.210 e. The van der Waals surface area contributed by atoms with Crippen LogP contribution in [0.1, 0.15) is 44.7 Å². The number of thioether (sulfide) groups is 1. The molecule has 0 aromatic carbocycles. The van der Waals surface area contributed by atoms with Gasteiger partial charge >= 0.3 is 0 Å². The predicted molar refractivity (Wildman–Crippen MR) is 74.6 cm³/mol. The van der Waals surface area contributed by atoms with Gasteiger partial charge in [0.05, 0.1) is 6.04 Å². The van der Waals surface area contributed by atoms with Crippen LogP contribution in [-0.4, -0.2) is 28.1 Å². The summed E-state index contributed by atoms with van der Waals surface area (Å²) in [6, 6.07) is 4.30. The summed E-state index contributed by atoms with van der Waals surface area (Å²) < 4.78 is 0. The molecule has 1 aromatic rings. The van der Waals surface area contributed by atoms with Crippen LogP contribution in [0.3, 0.4) is 0 Å². The van der Waals surface area contributed by atoms with E-state index >= 15 is 0 Å². The summed E-state index contributed by atoms with van der Waals surface area (Å²) in [6.07, 6.45) is 6.18. The van der Waals surface area contributed by atoms with E-state index in [0.29, 0.717) is 5.25 Å². The van der Waals surface area contributed by atoms with Crippen LogP contribution in [0.25, 0.3) is 0 Å². The number of hydrogen-bond acceptors (Lipinski definition) is 3. The molecule has 0 N–H and O–H groups in total. The molecule has 1 aliphatic heterocycles. The molecule has 98 valence electrons. The quantitative estimate of drug-likeness (QED) is 0.618. The highest BCUT2D eigenvalue weighted by Crippen LogP contribution is 2.35. The molecular formula is C14H20N2OS. The summed E-state index contributed by atoms with van der Waals surface area (Å²) in [6.45, 7) is 5.21. The molecule has 0 aliphatic carbocycles. The lowest BCUT2D eigenvalue weighted by atomic mass is 9.97. The zero-order chi connectivity index (χ0) is 13.0. The van der Waals surface area contributed by atoms with Gasteiger partial charge in [0, 0.05) is 23.6 Å². The Morgan fingerprint density at radius 1 is 1.50 bits per heavy atom. The maximum atomic E-state index is 11.2. The molecule has 0 spiro atoms. The molecule has 1 atom stereocenters. The Labute approximate surface area is 113 Å². The van der Waals surface area contributed by atoms with Gasteiger partial charge in [-0.05, 0) is 25.3 Å². The number of pyridine rings is 1. The molecule has 4 heteroatoms. The van der Waals surface area contributed by atoms with Gasteiger partial charge in [-0.2, -0.15) is 0 Å². The molecule has 1 aliphatic rings. The van der Waals surface area contributed by atoms with Crippen molar-refractivity contribution in [1.82, 2.24) is 9.88 Å². The molecule has 1 aromatic heterocycles. The minimum atomic E-state index is 0.214. The molecule has 1 amide bonds. The summed E-state index contributed by atoms with van der Waals surface area (Å²) >= 11 is 1.78. The molecule has 0 radical (unpaired) electrons. The van der Waals surface area contributed by atoms with E-state index in [1.165, 1.54) is 12.0 Å². The van der Waals surface area contributed by atoms with E-state index in [2.05, 4.69) is 24.9 Å². The largest absolute Gasteiger partial charge is 0.338 e. The van der Waals surface area contributed by atoms with Crippen LogP contribution < -0.4 is 0 Å². The van der Waals surface area contributed by atoms with Gasteiger partial charge in [-0.1, -0.05) is 19.9 Å². The maximum absolute atomic E-state index is 11.2. The van der Waals surface area contributed by atoms with Crippen molar-refractivity contribution in [3.63, 3.8) is 0 Å². The summed E-state index contributed by atoms with van der Waals surface area (Å²) in [5.74, 6) is 0. The van der Waals surface area contributed by atoms with Crippen LogP contribution in [0.5, 0.6) is 0 Å². The lowest BCUT2D eigenvalue weighted by molar-refractivity contribution is -0.121. The number of likely N-dealkylation sites (tertiary alicyclic amines) is 1. The molecule has 2 heterocycles. The number of carbonyl (C=O) groups is 1. The average molecular weight is 264 g/mol. The summed E-state index contributed by atoms with van der Waals surface area (Å²) in [5, 5.41) is 1.58.